The number of hydrogen-bond acceptors (Lipinski definition) is 2. The van der Waals surface area contributed by atoms with E-state index < -0.39 is 0 Å². The number of benzene rings is 1. The van der Waals surface area contributed by atoms with Gasteiger partial charge in [-0.15, -0.1) is 0 Å². The summed E-state index contributed by atoms with van der Waals surface area (Å²) in [7, 11) is 0. The van der Waals surface area contributed by atoms with Gasteiger partial charge in [-0.05, 0) is 81.1 Å². The molecule has 1 heterocycles. The van der Waals surface area contributed by atoms with Crippen LogP contribution in [0, 0.1) is 12.7 Å². The molecule has 0 unspecified atom stereocenters. The van der Waals surface area contributed by atoms with Gasteiger partial charge in [0.1, 0.15) is 11.6 Å². The second-order valence-corrected chi connectivity index (χ2v) is 5.91. The molecule has 1 aromatic carbocycles. The van der Waals surface area contributed by atoms with Crippen LogP contribution >= 0.6 is 31.9 Å². The highest BCUT2D eigenvalue weighted by atomic mass is 79.9. The summed E-state index contributed by atoms with van der Waals surface area (Å²) in [6.45, 7) is 3.42. The van der Waals surface area contributed by atoms with Crippen molar-refractivity contribution in [1.82, 2.24) is 5.32 Å². The van der Waals surface area contributed by atoms with Crippen LogP contribution in [-0.4, -0.2) is 6.54 Å². The highest BCUT2D eigenvalue weighted by molar-refractivity contribution is 9.13. The minimum atomic E-state index is -0.181. The minimum absolute atomic E-state index is 0.181. The van der Waals surface area contributed by atoms with E-state index in [-0.39, 0.29) is 5.82 Å². The van der Waals surface area contributed by atoms with Crippen LogP contribution < -0.4 is 5.32 Å². The van der Waals surface area contributed by atoms with E-state index in [0.29, 0.717) is 11.2 Å². The molecule has 5 heteroatoms. The van der Waals surface area contributed by atoms with Crippen LogP contribution in [-0.2, 0) is 13.0 Å². The third-order valence-corrected chi connectivity index (χ3v) is 4.58. The highest BCUT2D eigenvalue weighted by Crippen LogP contribution is 2.26. The van der Waals surface area contributed by atoms with E-state index in [1.807, 2.05) is 19.1 Å². The van der Waals surface area contributed by atoms with Gasteiger partial charge in [-0.25, -0.2) is 4.39 Å². The smallest absolute Gasteiger partial charge is 0.183 e. The molecule has 0 saturated heterocycles. The Kier molecular flexibility index (Phi) is 5.19. The zero-order valence-corrected chi connectivity index (χ0v) is 13.6. The molecule has 0 bridgehead atoms. The van der Waals surface area contributed by atoms with Crippen LogP contribution in [0.1, 0.15) is 16.9 Å². The molecule has 0 aliphatic heterocycles. The van der Waals surface area contributed by atoms with Crippen molar-refractivity contribution < 1.29 is 8.81 Å². The predicted octanol–water partition coefficient (Wildman–Crippen LogP) is 4.58. The van der Waals surface area contributed by atoms with Gasteiger partial charge in [0.05, 0.1) is 11.0 Å². The average Bonchev–Trinajstić information content (AvgIpc) is 2.66. The largest absolute Gasteiger partial charge is 0.452 e. The lowest BCUT2D eigenvalue weighted by atomic mass is 10.1. The van der Waals surface area contributed by atoms with E-state index >= 15 is 0 Å². The van der Waals surface area contributed by atoms with E-state index in [2.05, 4.69) is 37.2 Å². The van der Waals surface area contributed by atoms with Crippen LogP contribution in [0.4, 0.5) is 4.39 Å². The molecule has 102 valence electrons. The lowest BCUT2D eigenvalue weighted by Crippen LogP contribution is -2.16. The fraction of sp³-hybridized carbons (Fsp3) is 0.286. The predicted molar refractivity (Wildman–Crippen MR) is 80.7 cm³/mol. The molecule has 0 aliphatic carbocycles. The molecule has 2 nitrogen and oxygen atoms in total. The third kappa shape index (κ3) is 4.16. The summed E-state index contributed by atoms with van der Waals surface area (Å²) >= 11 is 6.68. The van der Waals surface area contributed by atoms with Crippen molar-refractivity contribution in [2.24, 2.45) is 0 Å². The molecule has 19 heavy (non-hydrogen) atoms. The number of hydrogen-bond donors (Lipinski definition) is 1. The molecular formula is C14H14Br2FNO. The van der Waals surface area contributed by atoms with E-state index in [1.54, 1.807) is 6.07 Å². The van der Waals surface area contributed by atoms with Gasteiger partial charge in [0.15, 0.2) is 4.67 Å². The molecule has 0 fully saturated rings. The molecule has 2 aromatic rings. The van der Waals surface area contributed by atoms with Crippen LogP contribution in [0.15, 0.2) is 37.8 Å². The van der Waals surface area contributed by atoms with E-state index in [4.69, 9.17) is 4.42 Å². The zero-order valence-electron chi connectivity index (χ0n) is 10.5. The highest BCUT2D eigenvalue weighted by Gasteiger charge is 2.05. The van der Waals surface area contributed by atoms with Gasteiger partial charge in [-0.2, -0.15) is 0 Å². The summed E-state index contributed by atoms with van der Waals surface area (Å²) in [5.74, 6) is 0.689. The summed E-state index contributed by atoms with van der Waals surface area (Å²) in [4.78, 5) is 0. The molecule has 0 saturated carbocycles. The molecule has 0 amide bonds. The lowest BCUT2D eigenvalue weighted by Gasteiger charge is -2.06. The maximum Gasteiger partial charge on any atom is 0.183 e. The van der Waals surface area contributed by atoms with Crippen molar-refractivity contribution in [3.63, 3.8) is 0 Å². The van der Waals surface area contributed by atoms with Crippen LogP contribution in [0.3, 0.4) is 0 Å². The molecule has 2 rings (SSSR count). The van der Waals surface area contributed by atoms with Crippen molar-refractivity contribution in [3.8, 4) is 0 Å². The Morgan fingerprint density at radius 2 is 2.05 bits per heavy atom. The zero-order chi connectivity index (χ0) is 13.8. The maximum atomic E-state index is 13.0. The maximum absolute atomic E-state index is 13.0. The van der Waals surface area contributed by atoms with Gasteiger partial charge in [0.25, 0.3) is 0 Å². The van der Waals surface area contributed by atoms with Crippen molar-refractivity contribution >= 4 is 31.9 Å². The second-order valence-electron chi connectivity index (χ2n) is 4.33. The van der Waals surface area contributed by atoms with Gasteiger partial charge in [0.2, 0.25) is 0 Å². The second kappa shape index (κ2) is 6.68. The molecule has 0 aliphatic rings. The summed E-state index contributed by atoms with van der Waals surface area (Å²) in [6.07, 6.45) is 0.870. The number of halogens is 3. The van der Waals surface area contributed by atoms with E-state index in [9.17, 15) is 4.39 Å². The fourth-order valence-electron chi connectivity index (χ4n) is 1.85. The summed E-state index contributed by atoms with van der Waals surface area (Å²) in [5.41, 5.74) is 2.15. The number of rotatable bonds is 5. The van der Waals surface area contributed by atoms with E-state index in [0.717, 1.165) is 34.3 Å². The minimum Gasteiger partial charge on any atom is -0.452 e. The average molecular weight is 391 g/mol. The first kappa shape index (κ1) is 14.8. The lowest BCUT2D eigenvalue weighted by molar-refractivity contribution is 0.465. The summed E-state index contributed by atoms with van der Waals surface area (Å²) in [5, 5.41) is 3.30. The Labute approximate surface area is 128 Å². The van der Waals surface area contributed by atoms with Crippen LogP contribution in [0.2, 0.25) is 0 Å². The van der Waals surface area contributed by atoms with Crippen molar-refractivity contribution in [3.05, 3.63) is 56.1 Å². The first-order valence-corrected chi connectivity index (χ1v) is 7.54. The van der Waals surface area contributed by atoms with Gasteiger partial charge in [0, 0.05) is 0 Å². The van der Waals surface area contributed by atoms with Crippen LogP contribution in [0.25, 0.3) is 0 Å². The topological polar surface area (TPSA) is 25.2 Å². The Hall–Kier alpha value is -0.650. The van der Waals surface area contributed by atoms with Gasteiger partial charge in [-0.3, -0.25) is 0 Å². The monoisotopic (exact) mass is 389 g/mol. The molecule has 0 spiro atoms. The van der Waals surface area contributed by atoms with Crippen LogP contribution in [0.5, 0.6) is 0 Å². The Morgan fingerprint density at radius 1 is 1.26 bits per heavy atom. The SMILES string of the molecule is Cc1cc(F)ccc1CCNCc1cc(Br)c(Br)o1. The van der Waals surface area contributed by atoms with Gasteiger partial charge in [-0.1, -0.05) is 6.07 Å². The Morgan fingerprint density at radius 3 is 2.68 bits per heavy atom. The number of aryl methyl sites for hydroxylation is 1. The third-order valence-electron chi connectivity index (χ3n) is 2.87. The number of nitrogens with one attached hydrogen (secondary N) is 1. The molecule has 0 atom stereocenters. The molecule has 1 aromatic heterocycles. The number of furan rings is 1. The van der Waals surface area contributed by atoms with Crippen molar-refractivity contribution in [2.75, 3.05) is 6.54 Å². The molecule has 1 N–H and O–H groups in total. The summed E-state index contributed by atoms with van der Waals surface area (Å²) < 4.78 is 20.0. The first-order valence-electron chi connectivity index (χ1n) is 5.95. The summed E-state index contributed by atoms with van der Waals surface area (Å²) in [6, 6.07) is 6.84. The Balaban J connectivity index is 1.80. The standard InChI is InChI=1S/C14H14Br2FNO/c1-9-6-11(17)3-2-10(9)4-5-18-8-12-7-13(15)14(16)19-12/h2-3,6-7,18H,4-5,8H2,1H3. The van der Waals surface area contributed by atoms with Gasteiger partial charge < -0.3 is 9.73 Å². The first-order chi connectivity index (χ1) is 9.06. The fourth-order valence-corrected chi connectivity index (χ4v) is 2.51. The van der Waals surface area contributed by atoms with Gasteiger partial charge >= 0.3 is 0 Å². The Bertz CT molecular complexity index is 549. The molecule has 0 radical (unpaired) electrons. The van der Waals surface area contributed by atoms with E-state index in [1.165, 1.54) is 6.07 Å². The quantitative estimate of drug-likeness (QED) is 0.755. The van der Waals surface area contributed by atoms with Crippen molar-refractivity contribution in [1.29, 1.82) is 0 Å². The molecular weight excluding hydrogens is 377 g/mol. The normalized spacial score (nSPS) is 10.9. The van der Waals surface area contributed by atoms with Crippen molar-refractivity contribution in [2.45, 2.75) is 19.9 Å².